The van der Waals surface area contributed by atoms with Crippen LogP contribution >= 0.6 is 11.6 Å². The number of rotatable bonds is 9. The van der Waals surface area contributed by atoms with Gasteiger partial charge in [0.05, 0.1) is 17.6 Å². The summed E-state index contributed by atoms with van der Waals surface area (Å²) in [6, 6.07) is 14.0. The molecule has 5 N–H and O–H groups in total. The Bertz CT molecular complexity index is 1010. The Hall–Kier alpha value is -2.92. The highest BCUT2D eigenvalue weighted by atomic mass is 35.5. The lowest BCUT2D eigenvalue weighted by molar-refractivity contribution is 0.328. The first-order valence-electron chi connectivity index (χ1n) is 8.49. The molecule has 29 heavy (non-hydrogen) atoms. The van der Waals surface area contributed by atoms with Crippen molar-refractivity contribution in [2.45, 2.75) is 0 Å². The molecule has 0 bridgehead atoms. The Morgan fingerprint density at radius 2 is 1.93 bits per heavy atom. The normalized spacial score (nSPS) is 11.6. The van der Waals surface area contributed by atoms with E-state index >= 15 is 0 Å². The standard InChI is InChI=1S/C18H19ClN6O3S/c19-14-11-21-18(22-12-4-3-5-13(10-12)28-9-8-20)24-17(14)23-15-6-1-2-7-16(15)25-29(26)27/h1-7,10-11,25H,8-9,20H2,(H,26,27)(H2,21,22,23,24)/p-1. The molecule has 11 heteroatoms. The third kappa shape index (κ3) is 6.03. The quantitative estimate of drug-likeness (QED) is 0.377. The van der Waals surface area contributed by atoms with Crippen molar-refractivity contribution in [3.05, 3.63) is 59.8 Å². The van der Waals surface area contributed by atoms with Crippen LogP contribution < -0.4 is 25.8 Å². The first-order chi connectivity index (χ1) is 14.0. The van der Waals surface area contributed by atoms with Crippen LogP contribution in [0.15, 0.2) is 54.7 Å². The first-order valence-corrected chi connectivity index (χ1v) is 9.95. The zero-order valence-corrected chi connectivity index (χ0v) is 16.7. The number of benzene rings is 2. The van der Waals surface area contributed by atoms with E-state index in [1.165, 1.54) is 6.20 Å². The number of para-hydroxylation sites is 2. The maximum Gasteiger partial charge on any atom is 0.229 e. The summed E-state index contributed by atoms with van der Waals surface area (Å²) in [6.07, 6.45) is 1.44. The third-order valence-corrected chi connectivity index (χ3v) is 4.26. The van der Waals surface area contributed by atoms with Gasteiger partial charge >= 0.3 is 0 Å². The van der Waals surface area contributed by atoms with E-state index in [2.05, 4.69) is 25.3 Å². The highest BCUT2D eigenvalue weighted by molar-refractivity contribution is 7.80. The highest BCUT2D eigenvalue weighted by Gasteiger charge is 2.09. The summed E-state index contributed by atoms with van der Waals surface area (Å²) in [7, 11) is 0. The van der Waals surface area contributed by atoms with E-state index in [4.69, 9.17) is 22.1 Å². The highest BCUT2D eigenvalue weighted by Crippen LogP contribution is 2.29. The molecule has 0 fully saturated rings. The van der Waals surface area contributed by atoms with Gasteiger partial charge in [-0.1, -0.05) is 29.8 Å². The van der Waals surface area contributed by atoms with Crippen molar-refractivity contribution in [1.82, 2.24) is 9.97 Å². The Balaban J connectivity index is 1.80. The molecule has 0 saturated carbocycles. The van der Waals surface area contributed by atoms with Crippen LogP contribution in [0.3, 0.4) is 0 Å². The molecule has 0 radical (unpaired) electrons. The van der Waals surface area contributed by atoms with Gasteiger partial charge in [-0.05, 0) is 24.3 Å². The van der Waals surface area contributed by atoms with E-state index in [1.54, 1.807) is 30.3 Å². The summed E-state index contributed by atoms with van der Waals surface area (Å²) >= 11 is 3.74. The summed E-state index contributed by atoms with van der Waals surface area (Å²) in [5.41, 5.74) is 7.01. The number of anilines is 5. The van der Waals surface area contributed by atoms with Crippen LogP contribution in [0.2, 0.25) is 5.02 Å². The lowest BCUT2D eigenvalue weighted by atomic mass is 10.2. The summed E-state index contributed by atoms with van der Waals surface area (Å²) in [4.78, 5) is 8.54. The number of aromatic nitrogens is 2. The minimum atomic E-state index is -2.46. The molecule has 0 spiro atoms. The van der Waals surface area contributed by atoms with Gasteiger partial charge in [0.1, 0.15) is 17.4 Å². The molecule has 0 aliphatic rings. The molecule has 0 saturated heterocycles. The van der Waals surface area contributed by atoms with E-state index in [9.17, 15) is 8.76 Å². The van der Waals surface area contributed by atoms with Crippen LogP contribution in [-0.4, -0.2) is 31.9 Å². The maximum absolute atomic E-state index is 11.0. The molecule has 0 amide bonds. The zero-order chi connectivity index (χ0) is 20.6. The number of hydrogen-bond donors (Lipinski definition) is 4. The summed E-state index contributed by atoms with van der Waals surface area (Å²) in [6.45, 7) is 0.833. The van der Waals surface area contributed by atoms with Crippen LogP contribution in [0.25, 0.3) is 0 Å². The van der Waals surface area contributed by atoms with Gasteiger partial charge in [0.15, 0.2) is 5.82 Å². The Morgan fingerprint density at radius 3 is 2.69 bits per heavy atom. The average Bonchev–Trinajstić information content (AvgIpc) is 2.70. The van der Waals surface area contributed by atoms with Crippen LogP contribution in [0.5, 0.6) is 5.75 Å². The van der Waals surface area contributed by atoms with E-state index in [-0.39, 0.29) is 5.02 Å². The first kappa shape index (κ1) is 20.8. The van der Waals surface area contributed by atoms with E-state index in [0.717, 1.165) is 5.69 Å². The molecule has 1 atom stereocenters. The lowest BCUT2D eigenvalue weighted by Crippen LogP contribution is -2.10. The van der Waals surface area contributed by atoms with Crippen molar-refractivity contribution in [3.8, 4) is 5.75 Å². The van der Waals surface area contributed by atoms with Crippen molar-refractivity contribution >= 4 is 51.7 Å². The van der Waals surface area contributed by atoms with Gasteiger partial charge < -0.3 is 30.4 Å². The molecule has 1 unspecified atom stereocenters. The van der Waals surface area contributed by atoms with Crippen molar-refractivity contribution in [1.29, 1.82) is 0 Å². The number of ether oxygens (including phenoxy) is 1. The predicted octanol–water partition coefficient (Wildman–Crippen LogP) is 3.16. The molecule has 9 nitrogen and oxygen atoms in total. The number of nitrogens with zero attached hydrogens (tertiary/aromatic N) is 2. The van der Waals surface area contributed by atoms with Crippen molar-refractivity contribution in [3.63, 3.8) is 0 Å². The zero-order valence-electron chi connectivity index (χ0n) is 15.1. The van der Waals surface area contributed by atoms with Crippen LogP contribution in [0.4, 0.5) is 28.8 Å². The Labute approximate surface area is 175 Å². The molecule has 0 aliphatic carbocycles. The summed E-state index contributed by atoms with van der Waals surface area (Å²) < 4.78 is 29.8. The van der Waals surface area contributed by atoms with E-state index < -0.39 is 11.3 Å². The van der Waals surface area contributed by atoms with Gasteiger partial charge in [-0.15, -0.1) is 0 Å². The topological polar surface area (TPSA) is 137 Å². The molecule has 3 rings (SSSR count). The Morgan fingerprint density at radius 1 is 1.14 bits per heavy atom. The van der Waals surface area contributed by atoms with Gasteiger partial charge in [-0.25, -0.2) is 4.98 Å². The third-order valence-electron chi connectivity index (χ3n) is 3.59. The van der Waals surface area contributed by atoms with Crippen molar-refractivity contribution in [2.75, 3.05) is 28.5 Å². The number of hydrogen-bond acceptors (Lipinski definition) is 8. The molecule has 1 aromatic heterocycles. The van der Waals surface area contributed by atoms with Gasteiger partial charge in [0.2, 0.25) is 5.95 Å². The molecule has 2 aromatic carbocycles. The molecular formula is C18H18ClN6O3S-. The number of nitrogens with two attached hydrogens (primary N) is 1. The summed E-state index contributed by atoms with van der Waals surface area (Å²) in [5, 5.41) is 6.36. The van der Waals surface area contributed by atoms with E-state index in [0.29, 0.717) is 42.0 Å². The van der Waals surface area contributed by atoms with E-state index in [1.807, 2.05) is 18.2 Å². The fourth-order valence-electron chi connectivity index (χ4n) is 2.38. The van der Waals surface area contributed by atoms with Crippen molar-refractivity contribution < 1.29 is 13.5 Å². The monoisotopic (exact) mass is 433 g/mol. The second-order valence-electron chi connectivity index (χ2n) is 5.69. The molecule has 3 aromatic rings. The largest absolute Gasteiger partial charge is 0.755 e. The van der Waals surface area contributed by atoms with Gasteiger partial charge in [0.25, 0.3) is 0 Å². The average molecular weight is 434 g/mol. The number of nitrogens with one attached hydrogen (secondary N) is 3. The van der Waals surface area contributed by atoms with Crippen LogP contribution in [0.1, 0.15) is 0 Å². The number of halogens is 1. The molecule has 152 valence electrons. The van der Waals surface area contributed by atoms with Gasteiger partial charge in [0, 0.05) is 29.6 Å². The SMILES string of the molecule is NCCOc1cccc(Nc2ncc(Cl)c(Nc3ccccc3NS(=O)[O-])n2)c1. The lowest BCUT2D eigenvalue weighted by Gasteiger charge is -2.15. The second-order valence-corrected chi connectivity index (χ2v) is 6.77. The fraction of sp³-hybridized carbons (Fsp3) is 0.111. The fourth-order valence-corrected chi connectivity index (χ4v) is 2.88. The minimum Gasteiger partial charge on any atom is -0.755 e. The van der Waals surface area contributed by atoms with Crippen molar-refractivity contribution in [2.24, 2.45) is 5.73 Å². The van der Waals surface area contributed by atoms with Gasteiger partial charge in [-0.3, -0.25) is 4.21 Å². The van der Waals surface area contributed by atoms with Crippen LogP contribution in [0, 0.1) is 0 Å². The Kier molecular flexibility index (Phi) is 7.19. The smallest absolute Gasteiger partial charge is 0.229 e. The van der Waals surface area contributed by atoms with Crippen LogP contribution in [-0.2, 0) is 11.3 Å². The molecule has 1 heterocycles. The molecule has 0 aliphatic heterocycles. The molecular weight excluding hydrogens is 416 g/mol. The second kappa shape index (κ2) is 10.0. The van der Waals surface area contributed by atoms with Gasteiger partial charge in [-0.2, -0.15) is 4.98 Å². The predicted molar refractivity (Wildman–Crippen MR) is 114 cm³/mol. The summed E-state index contributed by atoms with van der Waals surface area (Å²) in [5.74, 6) is 1.27. The minimum absolute atomic E-state index is 0.272. The maximum atomic E-state index is 11.0.